The van der Waals surface area contributed by atoms with Crippen LogP contribution >= 0.6 is 11.5 Å². The van der Waals surface area contributed by atoms with Crippen LogP contribution in [0.4, 0.5) is 0 Å². The summed E-state index contributed by atoms with van der Waals surface area (Å²) in [6, 6.07) is 0. The third-order valence-corrected chi connectivity index (χ3v) is 3.44. The summed E-state index contributed by atoms with van der Waals surface area (Å²) in [6.45, 7) is 4.79. The van der Waals surface area contributed by atoms with Crippen molar-refractivity contribution < 1.29 is 5.11 Å². The lowest BCUT2D eigenvalue weighted by molar-refractivity contribution is 0.139. The van der Waals surface area contributed by atoms with Crippen molar-refractivity contribution in [1.29, 1.82) is 0 Å². The van der Waals surface area contributed by atoms with E-state index >= 15 is 0 Å². The summed E-state index contributed by atoms with van der Waals surface area (Å²) < 4.78 is 3.82. The first-order chi connectivity index (χ1) is 6.79. The van der Waals surface area contributed by atoms with Crippen LogP contribution in [0.1, 0.15) is 18.2 Å². The van der Waals surface area contributed by atoms with Crippen LogP contribution in [0, 0.1) is 5.92 Å². The number of β-amino-alcohol motifs (C(OH)–C–C–N with tert-alkyl or cyclic N) is 1. The highest BCUT2D eigenvalue weighted by Gasteiger charge is 2.29. The Kier molecular flexibility index (Phi) is 3.10. The second kappa shape index (κ2) is 4.33. The van der Waals surface area contributed by atoms with E-state index in [4.69, 9.17) is 0 Å². The Labute approximate surface area is 87.7 Å². The van der Waals surface area contributed by atoms with Gasteiger partial charge in [0.25, 0.3) is 0 Å². The molecule has 1 aliphatic heterocycles. The van der Waals surface area contributed by atoms with E-state index in [0.717, 1.165) is 26.1 Å². The molecule has 2 rings (SSSR count). The van der Waals surface area contributed by atoms with Crippen molar-refractivity contribution in [2.45, 2.75) is 26.0 Å². The Hall–Kier alpha value is -0.520. The summed E-state index contributed by atoms with van der Waals surface area (Å²) in [6.07, 6.45) is 2.70. The average molecular weight is 213 g/mol. The Morgan fingerprint density at radius 1 is 1.64 bits per heavy atom. The van der Waals surface area contributed by atoms with Gasteiger partial charge in [-0.05, 0) is 23.9 Å². The van der Waals surface area contributed by atoms with Crippen LogP contribution in [-0.4, -0.2) is 38.8 Å². The number of hydrogen-bond acceptors (Lipinski definition) is 5. The first-order valence-corrected chi connectivity index (χ1v) is 5.73. The molecule has 1 N–H and O–H groups in total. The summed E-state index contributed by atoms with van der Waals surface area (Å²) in [7, 11) is 0. The van der Waals surface area contributed by atoms with Crippen molar-refractivity contribution in [3.63, 3.8) is 0 Å². The molecule has 1 aromatic rings. The highest BCUT2D eigenvalue weighted by molar-refractivity contribution is 7.05. The van der Waals surface area contributed by atoms with E-state index < -0.39 is 0 Å². The summed E-state index contributed by atoms with van der Waals surface area (Å²) in [5.74, 6) is 0.441. The van der Waals surface area contributed by atoms with Crippen molar-refractivity contribution in [2.75, 3.05) is 13.1 Å². The van der Waals surface area contributed by atoms with E-state index in [1.165, 1.54) is 16.4 Å². The minimum Gasteiger partial charge on any atom is -0.391 e. The molecule has 2 heterocycles. The molecular weight excluding hydrogens is 198 g/mol. The van der Waals surface area contributed by atoms with Crippen molar-refractivity contribution in [3.05, 3.63) is 11.1 Å². The number of rotatable bonds is 3. The molecule has 0 spiro atoms. The van der Waals surface area contributed by atoms with Gasteiger partial charge in [-0.3, -0.25) is 4.90 Å². The van der Waals surface area contributed by atoms with Crippen molar-refractivity contribution >= 4 is 11.5 Å². The van der Waals surface area contributed by atoms with Crippen LogP contribution in [0.2, 0.25) is 0 Å². The second-order valence-corrected chi connectivity index (χ2v) is 4.68. The van der Waals surface area contributed by atoms with Crippen LogP contribution in [-0.2, 0) is 6.54 Å². The fourth-order valence-electron chi connectivity index (χ4n) is 1.95. The van der Waals surface area contributed by atoms with Gasteiger partial charge in [0.15, 0.2) is 0 Å². The minimum absolute atomic E-state index is 0.152. The third kappa shape index (κ3) is 2.10. The normalized spacial score (nSPS) is 28.4. The molecule has 0 radical (unpaired) electrons. The molecule has 4 nitrogen and oxygen atoms in total. The number of aromatic nitrogens is 2. The molecular formula is C9H15N3OS. The smallest absolute Gasteiger partial charge is 0.0707 e. The monoisotopic (exact) mass is 213 g/mol. The molecule has 0 saturated carbocycles. The van der Waals surface area contributed by atoms with Gasteiger partial charge in [-0.2, -0.15) is 0 Å². The summed E-state index contributed by atoms with van der Waals surface area (Å²) in [5, 5.41) is 13.5. The largest absolute Gasteiger partial charge is 0.391 e. The number of likely N-dealkylation sites (tertiary alicyclic amines) is 1. The SMILES string of the molecule is CCC1CN(Cc2cnns2)CC1O. The predicted octanol–water partition coefficient (Wildman–Crippen LogP) is 0.741. The number of aliphatic hydroxyl groups is 1. The average Bonchev–Trinajstić information content (AvgIpc) is 2.76. The Morgan fingerprint density at radius 3 is 3.07 bits per heavy atom. The maximum Gasteiger partial charge on any atom is 0.0707 e. The van der Waals surface area contributed by atoms with Gasteiger partial charge in [0, 0.05) is 19.6 Å². The van der Waals surface area contributed by atoms with Gasteiger partial charge in [-0.15, -0.1) is 5.10 Å². The lowest BCUT2D eigenvalue weighted by atomic mass is 10.0. The van der Waals surface area contributed by atoms with E-state index in [9.17, 15) is 5.11 Å². The van der Waals surface area contributed by atoms with E-state index in [1.54, 1.807) is 6.20 Å². The molecule has 1 aromatic heterocycles. The highest BCUT2D eigenvalue weighted by atomic mass is 32.1. The fourth-order valence-corrected chi connectivity index (χ4v) is 2.48. The van der Waals surface area contributed by atoms with Crippen molar-refractivity contribution in [3.8, 4) is 0 Å². The molecule has 0 bridgehead atoms. The van der Waals surface area contributed by atoms with Crippen LogP contribution in [0.5, 0.6) is 0 Å². The summed E-state index contributed by atoms with van der Waals surface area (Å²) in [4.78, 5) is 3.45. The Morgan fingerprint density at radius 2 is 2.50 bits per heavy atom. The lowest BCUT2D eigenvalue weighted by Crippen LogP contribution is -2.20. The lowest BCUT2D eigenvalue weighted by Gasteiger charge is -2.12. The molecule has 1 aliphatic rings. The van der Waals surface area contributed by atoms with Gasteiger partial charge in [-0.1, -0.05) is 11.4 Å². The van der Waals surface area contributed by atoms with Gasteiger partial charge >= 0.3 is 0 Å². The van der Waals surface area contributed by atoms with E-state index in [1.807, 2.05) is 0 Å². The molecule has 0 aromatic carbocycles. The van der Waals surface area contributed by atoms with Crippen LogP contribution in [0.15, 0.2) is 6.20 Å². The summed E-state index contributed by atoms with van der Waals surface area (Å²) in [5.41, 5.74) is 0. The van der Waals surface area contributed by atoms with E-state index in [2.05, 4.69) is 21.4 Å². The van der Waals surface area contributed by atoms with Crippen LogP contribution in [0.25, 0.3) is 0 Å². The molecule has 2 atom stereocenters. The van der Waals surface area contributed by atoms with Crippen LogP contribution in [0.3, 0.4) is 0 Å². The molecule has 78 valence electrons. The van der Waals surface area contributed by atoms with Gasteiger partial charge in [0.1, 0.15) is 0 Å². The number of aliphatic hydroxyl groups excluding tert-OH is 1. The molecule has 5 heteroatoms. The highest BCUT2D eigenvalue weighted by Crippen LogP contribution is 2.22. The molecule has 0 amide bonds. The van der Waals surface area contributed by atoms with Gasteiger partial charge < -0.3 is 5.11 Å². The molecule has 1 saturated heterocycles. The maximum atomic E-state index is 9.72. The zero-order valence-corrected chi connectivity index (χ0v) is 9.07. The Bertz CT molecular complexity index is 278. The predicted molar refractivity (Wildman–Crippen MR) is 55.0 cm³/mol. The summed E-state index contributed by atoms with van der Waals surface area (Å²) >= 11 is 1.44. The van der Waals surface area contributed by atoms with E-state index in [-0.39, 0.29) is 6.10 Å². The van der Waals surface area contributed by atoms with Gasteiger partial charge in [0.05, 0.1) is 17.2 Å². The second-order valence-electron chi connectivity index (χ2n) is 3.81. The first-order valence-electron chi connectivity index (χ1n) is 4.96. The number of nitrogens with zero attached hydrogens (tertiary/aromatic N) is 3. The first kappa shape index (κ1) is 10.0. The van der Waals surface area contributed by atoms with Crippen molar-refractivity contribution in [1.82, 2.24) is 14.5 Å². The molecule has 2 unspecified atom stereocenters. The fraction of sp³-hybridized carbons (Fsp3) is 0.778. The third-order valence-electron chi connectivity index (χ3n) is 2.79. The standard InChI is InChI=1S/C9H15N3OS/c1-2-7-4-12(6-9(7)13)5-8-3-10-11-14-8/h3,7,9,13H,2,4-6H2,1H3. The molecule has 0 aliphatic carbocycles. The topological polar surface area (TPSA) is 49.2 Å². The zero-order chi connectivity index (χ0) is 9.97. The number of hydrogen-bond donors (Lipinski definition) is 1. The van der Waals surface area contributed by atoms with Crippen LogP contribution < -0.4 is 0 Å². The zero-order valence-electron chi connectivity index (χ0n) is 8.26. The molecule has 1 fully saturated rings. The quantitative estimate of drug-likeness (QED) is 0.804. The van der Waals surface area contributed by atoms with Gasteiger partial charge in [-0.25, -0.2) is 0 Å². The molecule has 14 heavy (non-hydrogen) atoms. The van der Waals surface area contributed by atoms with Gasteiger partial charge in [0.2, 0.25) is 0 Å². The van der Waals surface area contributed by atoms with Crippen molar-refractivity contribution in [2.24, 2.45) is 5.92 Å². The van der Waals surface area contributed by atoms with E-state index in [0.29, 0.717) is 5.92 Å². The Balaban J connectivity index is 1.89. The maximum absolute atomic E-state index is 9.72. The minimum atomic E-state index is -0.152.